The van der Waals surface area contributed by atoms with E-state index in [4.69, 9.17) is 14.6 Å². The van der Waals surface area contributed by atoms with E-state index in [-0.39, 0.29) is 10.8 Å². The number of hydrogen-bond donors (Lipinski definition) is 1. The molecule has 0 radical (unpaired) electrons. The minimum Gasteiger partial charge on any atom is -0.468 e. The van der Waals surface area contributed by atoms with Gasteiger partial charge < -0.3 is 33.8 Å². The average molecular weight is 1100 g/mol. The topological polar surface area (TPSA) is 102 Å². The molecule has 0 aromatic carbocycles. The molecule has 1 rings (SSSR count). The highest BCUT2D eigenvalue weighted by Crippen LogP contribution is 2.22. The fourth-order valence-corrected chi connectivity index (χ4v) is 8.22. The maximum atomic E-state index is 10.7. The first-order chi connectivity index (χ1) is 37.3. The Morgan fingerprint density at radius 3 is 0.974 bits per heavy atom. The van der Waals surface area contributed by atoms with Gasteiger partial charge >= 0.3 is 0 Å². The Morgan fingerprint density at radius 1 is 0.416 bits per heavy atom. The summed E-state index contributed by atoms with van der Waals surface area (Å²) in [6.07, 6.45) is 53.8. The van der Waals surface area contributed by atoms with E-state index < -0.39 is 0 Å². The molecule has 0 saturated carbocycles. The molecule has 1 N–H and O–H groups in total. The summed E-state index contributed by atoms with van der Waals surface area (Å²) in [5.41, 5.74) is -0.283. The van der Waals surface area contributed by atoms with Crippen LogP contribution in [0.25, 0.3) is 0 Å². The van der Waals surface area contributed by atoms with Gasteiger partial charge in [-0.1, -0.05) is 297 Å². The first-order valence-electron chi connectivity index (χ1n) is 33.5. The second-order valence-corrected chi connectivity index (χ2v) is 22.3. The predicted molar refractivity (Wildman–Crippen MR) is 346 cm³/mol. The molecule has 1 aliphatic heterocycles. The van der Waals surface area contributed by atoms with Crippen molar-refractivity contribution in [3.05, 3.63) is 0 Å². The fourth-order valence-electron chi connectivity index (χ4n) is 8.22. The van der Waals surface area contributed by atoms with Gasteiger partial charge in [-0.15, -0.1) is 0 Å². The Kier molecular flexibility index (Phi) is 103. The van der Waals surface area contributed by atoms with Crippen LogP contribution in [0.2, 0.25) is 0 Å². The van der Waals surface area contributed by atoms with Crippen LogP contribution in [0.4, 0.5) is 0 Å². The molecule has 1 heterocycles. The summed E-state index contributed by atoms with van der Waals surface area (Å²) in [6.45, 7) is 38.6. The number of unbranched alkanes of at least 4 members (excludes halogenated alkanes) is 23. The standard InChI is InChI=1S/2C16H34O.C14H27NO.C11H20O3.C4H10.C3H8.2C2H6.CH4O/c2*1-4-6-8-10-11-13-15-16(17-3)14-12-9-7-5-2;1-14(2,13-16)9-5-3-4-6-10-15-11-7-8-12-15;1-11(2,9-12)7-5-3-4-6-8-14-10-13;1-3-4-2;1-3-2;3*1-2/h2*16H,4-15H2,1-3H3;13H,3-12H2,1-2H3;9-10H,3-8H2,1-2H3;3-4H2,1-2H3;3H2,1-2H3;2*1-2H3;2H,1H3. The number of aliphatic hydroxyl groups excluding tert-OH is 1. The number of carbonyl (C=O) groups excluding carboxylic acids is 3. The minimum absolute atomic E-state index is 0.102. The maximum absolute atomic E-state index is 10.7. The third-order valence-electron chi connectivity index (χ3n) is 13.5. The Bertz CT molecular complexity index is 937. The lowest BCUT2D eigenvalue weighted by atomic mass is 9.89. The Hall–Kier alpha value is -1.35. The van der Waals surface area contributed by atoms with E-state index in [1.807, 2.05) is 69.6 Å². The molecule has 1 fully saturated rings. The Morgan fingerprint density at radius 2 is 0.688 bits per heavy atom. The smallest absolute Gasteiger partial charge is 0.293 e. The summed E-state index contributed by atoms with van der Waals surface area (Å²) in [4.78, 5) is 33.7. The summed E-state index contributed by atoms with van der Waals surface area (Å²) in [5.74, 6) is 0. The van der Waals surface area contributed by atoms with E-state index in [0.717, 1.165) is 58.2 Å². The summed E-state index contributed by atoms with van der Waals surface area (Å²) in [6, 6.07) is 0. The van der Waals surface area contributed by atoms with Crippen molar-refractivity contribution < 1.29 is 33.7 Å². The molecule has 1 aliphatic rings. The fraction of sp³-hybridized carbons (Fsp3) is 0.957. The average Bonchev–Trinajstić information content (AvgIpc) is 3.98. The van der Waals surface area contributed by atoms with Gasteiger partial charge in [0.15, 0.2) is 0 Å². The van der Waals surface area contributed by atoms with Crippen LogP contribution < -0.4 is 0 Å². The maximum Gasteiger partial charge on any atom is 0.293 e. The SMILES string of the molecule is CC.CC.CC(C)(C=O)CCCCCCN1CCCC1.CC(C)(C=O)CCCCCCOC=O.CCC.CCCC.CCCCCCCCC(CCCCCC)OC.CCCCCCCCC(CCCCCC)OC.CO. The molecule has 0 spiro atoms. The molecule has 77 heavy (non-hydrogen) atoms. The van der Waals surface area contributed by atoms with Gasteiger partial charge in [-0.3, -0.25) is 4.79 Å². The second kappa shape index (κ2) is 85.9. The summed E-state index contributed by atoms with van der Waals surface area (Å²) >= 11 is 0. The lowest BCUT2D eigenvalue weighted by molar-refractivity contribution is -0.128. The van der Waals surface area contributed by atoms with Gasteiger partial charge in [0.05, 0.1) is 18.8 Å². The highest BCUT2D eigenvalue weighted by Gasteiger charge is 2.16. The molecule has 1 saturated heterocycles. The largest absolute Gasteiger partial charge is 0.468 e. The molecule has 0 aliphatic carbocycles. The second-order valence-electron chi connectivity index (χ2n) is 22.3. The molecule has 8 nitrogen and oxygen atoms in total. The minimum atomic E-state index is -0.181. The van der Waals surface area contributed by atoms with Gasteiger partial charge in [0.2, 0.25) is 0 Å². The van der Waals surface area contributed by atoms with E-state index in [2.05, 4.69) is 65.0 Å². The Balaban J connectivity index is -0.000000128. The van der Waals surface area contributed by atoms with Gasteiger partial charge in [-0.05, 0) is 83.8 Å². The van der Waals surface area contributed by atoms with Crippen molar-refractivity contribution >= 4 is 19.0 Å². The number of aldehydes is 2. The summed E-state index contributed by atoms with van der Waals surface area (Å²) in [7, 11) is 4.75. The lowest BCUT2D eigenvalue weighted by Crippen LogP contribution is -2.20. The van der Waals surface area contributed by atoms with Gasteiger partial charge in [0.25, 0.3) is 6.47 Å². The molecule has 0 amide bonds. The monoisotopic (exact) mass is 1100 g/mol. The zero-order valence-corrected chi connectivity index (χ0v) is 56.6. The Labute approximate surface area is 487 Å². The van der Waals surface area contributed by atoms with Gasteiger partial charge in [0.1, 0.15) is 12.6 Å². The number of aliphatic hydroxyl groups is 1. The number of likely N-dealkylation sites (tertiary alicyclic amines) is 1. The first-order valence-corrected chi connectivity index (χ1v) is 33.5. The number of rotatable bonds is 44. The van der Waals surface area contributed by atoms with E-state index in [0.29, 0.717) is 25.3 Å². The highest BCUT2D eigenvalue weighted by molar-refractivity contribution is 5.58. The molecular weight excluding hydrogens is 955 g/mol. The predicted octanol–water partition coefficient (Wildman–Crippen LogP) is 21.9. The molecule has 0 aromatic rings. The molecule has 0 bridgehead atoms. The van der Waals surface area contributed by atoms with Gasteiger partial charge in [-0.25, -0.2) is 0 Å². The molecular formula is C69H149NO7. The number of carbonyl (C=O) groups is 3. The van der Waals surface area contributed by atoms with Crippen molar-refractivity contribution in [2.45, 2.75) is 373 Å². The third kappa shape index (κ3) is 94.3. The van der Waals surface area contributed by atoms with Crippen LogP contribution >= 0.6 is 0 Å². The van der Waals surface area contributed by atoms with Gasteiger partial charge in [0, 0.05) is 32.2 Å². The normalized spacial score (nSPS) is 12.3. The van der Waals surface area contributed by atoms with Gasteiger partial charge in [-0.2, -0.15) is 0 Å². The van der Waals surface area contributed by atoms with Crippen LogP contribution in [0.1, 0.15) is 361 Å². The van der Waals surface area contributed by atoms with E-state index in [9.17, 15) is 14.4 Å². The molecule has 2 unspecified atom stereocenters. The lowest BCUT2D eigenvalue weighted by Gasteiger charge is -2.16. The van der Waals surface area contributed by atoms with Crippen LogP contribution in [0.5, 0.6) is 0 Å². The summed E-state index contributed by atoms with van der Waals surface area (Å²) < 4.78 is 15.7. The third-order valence-corrected chi connectivity index (χ3v) is 13.5. The molecule has 2 atom stereocenters. The zero-order valence-electron chi connectivity index (χ0n) is 56.6. The quantitative estimate of drug-likeness (QED) is 0.0476. The van der Waals surface area contributed by atoms with E-state index >= 15 is 0 Å². The number of nitrogens with zero attached hydrogens (tertiary/aromatic N) is 1. The van der Waals surface area contributed by atoms with Crippen molar-refractivity contribution in [1.29, 1.82) is 0 Å². The van der Waals surface area contributed by atoms with Crippen molar-refractivity contribution in [2.24, 2.45) is 10.8 Å². The number of ether oxygens (including phenoxy) is 3. The van der Waals surface area contributed by atoms with Crippen molar-refractivity contribution in [3.63, 3.8) is 0 Å². The van der Waals surface area contributed by atoms with Crippen LogP contribution in [-0.2, 0) is 28.6 Å². The van der Waals surface area contributed by atoms with Crippen LogP contribution in [0.3, 0.4) is 0 Å². The van der Waals surface area contributed by atoms with Crippen molar-refractivity contribution in [1.82, 2.24) is 4.90 Å². The van der Waals surface area contributed by atoms with Crippen LogP contribution in [-0.4, -0.2) is 88.8 Å². The highest BCUT2D eigenvalue weighted by atomic mass is 16.5. The summed E-state index contributed by atoms with van der Waals surface area (Å²) in [5, 5.41) is 7.00. The molecule has 8 heteroatoms. The van der Waals surface area contributed by atoms with E-state index in [1.54, 1.807) is 0 Å². The van der Waals surface area contributed by atoms with E-state index in [1.165, 1.54) is 232 Å². The zero-order chi connectivity index (χ0) is 60.4. The van der Waals surface area contributed by atoms with Crippen molar-refractivity contribution in [2.75, 3.05) is 47.6 Å². The van der Waals surface area contributed by atoms with Crippen LogP contribution in [0.15, 0.2) is 0 Å². The van der Waals surface area contributed by atoms with Crippen LogP contribution in [0, 0.1) is 10.8 Å². The first kappa shape index (κ1) is 92.1. The van der Waals surface area contributed by atoms with Crippen molar-refractivity contribution in [3.8, 4) is 0 Å². The molecule has 0 aromatic heterocycles. The molecule has 472 valence electrons. The number of methoxy groups -OCH3 is 2. The number of hydrogen-bond acceptors (Lipinski definition) is 8.